The van der Waals surface area contributed by atoms with Crippen LogP contribution in [0.25, 0.3) is 0 Å². The summed E-state index contributed by atoms with van der Waals surface area (Å²) in [4.78, 5) is 28.5. The summed E-state index contributed by atoms with van der Waals surface area (Å²) in [5, 5.41) is 1.87. The van der Waals surface area contributed by atoms with Crippen molar-refractivity contribution < 1.29 is 27.5 Å². The van der Waals surface area contributed by atoms with Gasteiger partial charge in [0.05, 0.1) is 23.1 Å². The molecule has 8 nitrogen and oxygen atoms in total. The van der Waals surface area contributed by atoms with Crippen LogP contribution in [0.4, 0.5) is 0 Å². The minimum absolute atomic E-state index is 0.0343. The molecule has 0 radical (unpaired) electrons. The second-order valence-electron chi connectivity index (χ2n) is 8.92. The molecule has 0 N–H and O–H groups in total. The van der Waals surface area contributed by atoms with Gasteiger partial charge in [-0.2, -0.15) is 4.31 Å². The fourth-order valence-corrected chi connectivity index (χ4v) is 5.69. The Bertz CT molecular complexity index is 1080. The normalized spacial score (nSPS) is 15.9. The van der Waals surface area contributed by atoms with E-state index in [2.05, 4.69) is 25.8 Å². The third kappa shape index (κ3) is 6.18. The summed E-state index contributed by atoms with van der Waals surface area (Å²) in [6.07, 6.45) is 0.784. The number of aromatic nitrogens is 1. The van der Waals surface area contributed by atoms with E-state index in [0.29, 0.717) is 18.5 Å². The van der Waals surface area contributed by atoms with E-state index in [0.717, 1.165) is 16.9 Å². The van der Waals surface area contributed by atoms with Crippen LogP contribution in [0.1, 0.15) is 61.6 Å². The van der Waals surface area contributed by atoms with E-state index >= 15 is 0 Å². The van der Waals surface area contributed by atoms with Gasteiger partial charge in [0.15, 0.2) is 0 Å². The Morgan fingerprint density at radius 1 is 1.12 bits per heavy atom. The molecule has 3 rings (SSSR count). The van der Waals surface area contributed by atoms with Gasteiger partial charge in [0.25, 0.3) is 0 Å². The van der Waals surface area contributed by atoms with Gasteiger partial charge in [-0.3, -0.25) is 4.79 Å². The summed E-state index contributed by atoms with van der Waals surface area (Å²) in [5.41, 5.74) is 1.49. The van der Waals surface area contributed by atoms with E-state index in [9.17, 15) is 18.0 Å². The molecule has 0 bridgehead atoms. The van der Waals surface area contributed by atoms with Gasteiger partial charge in [-0.05, 0) is 42.9 Å². The fraction of sp³-hybridized carbons (Fsp3) is 0.522. The van der Waals surface area contributed by atoms with Gasteiger partial charge in [-0.15, -0.1) is 11.3 Å². The van der Waals surface area contributed by atoms with Crippen LogP contribution in [-0.2, 0) is 36.3 Å². The Morgan fingerprint density at radius 3 is 2.33 bits per heavy atom. The quantitative estimate of drug-likeness (QED) is 0.540. The van der Waals surface area contributed by atoms with E-state index in [1.165, 1.54) is 4.31 Å². The molecule has 1 aliphatic heterocycles. The first-order valence-corrected chi connectivity index (χ1v) is 13.2. The average Bonchev–Trinajstić information content (AvgIpc) is 3.26. The Balaban J connectivity index is 1.52. The van der Waals surface area contributed by atoms with Crippen LogP contribution in [0.3, 0.4) is 0 Å². The standard InChI is InChI=1S/C23H30N2O6S2/c1-5-30-22(27)20-24-18(15-32-20)14-31-21(26)16-10-12-25(13-11-16)33(28,29)19-8-6-17(7-9-19)23(2,3)4/h6-9,15-16H,5,10-14H2,1-4H3. The molecular weight excluding hydrogens is 464 g/mol. The molecule has 1 aromatic carbocycles. The zero-order valence-corrected chi connectivity index (χ0v) is 21.0. The van der Waals surface area contributed by atoms with E-state index in [4.69, 9.17) is 9.47 Å². The summed E-state index contributed by atoms with van der Waals surface area (Å²) in [6, 6.07) is 7.00. The molecule has 1 aliphatic rings. The van der Waals surface area contributed by atoms with Crippen LogP contribution >= 0.6 is 11.3 Å². The van der Waals surface area contributed by atoms with Gasteiger partial charge in [0.1, 0.15) is 6.61 Å². The second-order valence-corrected chi connectivity index (χ2v) is 11.7. The highest BCUT2D eigenvalue weighted by atomic mass is 32.2. The highest BCUT2D eigenvalue weighted by Gasteiger charge is 2.33. The molecule has 0 aliphatic carbocycles. The van der Waals surface area contributed by atoms with Crippen LogP contribution in [0.2, 0.25) is 0 Å². The molecule has 1 fully saturated rings. The van der Waals surface area contributed by atoms with E-state index in [1.807, 2.05) is 12.1 Å². The van der Waals surface area contributed by atoms with Crippen molar-refractivity contribution in [1.29, 1.82) is 0 Å². The van der Waals surface area contributed by atoms with Gasteiger partial charge in [-0.1, -0.05) is 32.9 Å². The zero-order chi connectivity index (χ0) is 24.2. The number of nitrogens with zero attached hydrogens (tertiary/aromatic N) is 2. The van der Waals surface area contributed by atoms with E-state index in [1.54, 1.807) is 24.4 Å². The third-order valence-electron chi connectivity index (χ3n) is 5.51. The van der Waals surface area contributed by atoms with Crippen molar-refractivity contribution in [2.24, 2.45) is 5.92 Å². The van der Waals surface area contributed by atoms with E-state index in [-0.39, 0.29) is 53.5 Å². The lowest BCUT2D eigenvalue weighted by Gasteiger charge is -2.30. The molecule has 33 heavy (non-hydrogen) atoms. The summed E-state index contributed by atoms with van der Waals surface area (Å²) >= 11 is 1.14. The highest BCUT2D eigenvalue weighted by Crippen LogP contribution is 2.27. The summed E-state index contributed by atoms with van der Waals surface area (Å²) in [6.45, 7) is 8.69. The maximum absolute atomic E-state index is 13.0. The molecule has 0 unspecified atom stereocenters. The molecule has 180 valence electrons. The summed E-state index contributed by atoms with van der Waals surface area (Å²) in [7, 11) is -3.61. The van der Waals surface area contributed by atoms with E-state index < -0.39 is 16.0 Å². The Labute approximate surface area is 199 Å². The lowest BCUT2D eigenvalue weighted by molar-refractivity contribution is -0.151. The van der Waals surface area contributed by atoms with Gasteiger partial charge in [0.2, 0.25) is 15.0 Å². The second kappa shape index (κ2) is 10.3. The molecule has 1 saturated heterocycles. The number of esters is 2. The average molecular weight is 495 g/mol. The van der Waals surface area contributed by atoms with Crippen molar-refractivity contribution in [3.63, 3.8) is 0 Å². The van der Waals surface area contributed by atoms with Crippen LogP contribution in [0, 0.1) is 5.92 Å². The molecule has 10 heteroatoms. The summed E-state index contributed by atoms with van der Waals surface area (Å²) in [5.74, 6) is -1.25. The van der Waals surface area contributed by atoms with Crippen molar-refractivity contribution >= 4 is 33.3 Å². The van der Waals surface area contributed by atoms with Crippen molar-refractivity contribution in [2.75, 3.05) is 19.7 Å². The zero-order valence-electron chi connectivity index (χ0n) is 19.4. The largest absolute Gasteiger partial charge is 0.461 e. The lowest BCUT2D eigenvalue weighted by Crippen LogP contribution is -2.40. The van der Waals surface area contributed by atoms with Crippen molar-refractivity contribution in [2.45, 2.75) is 57.5 Å². The molecule has 1 aromatic heterocycles. The van der Waals surface area contributed by atoms with Crippen LogP contribution in [0.15, 0.2) is 34.5 Å². The number of sulfonamides is 1. The highest BCUT2D eigenvalue weighted by molar-refractivity contribution is 7.89. The molecule has 0 spiro atoms. The number of carbonyl (C=O) groups is 2. The topological polar surface area (TPSA) is 103 Å². The predicted molar refractivity (Wildman–Crippen MR) is 124 cm³/mol. The minimum atomic E-state index is -3.61. The number of thiazole rings is 1. The Kier molecular flexibility index (Phi) is 7.92. The van der Waals surface area contributed by atoms with Gasteiger partial charge >= 0.3 is 11.9 Å². The number of hydrogen-bond donors (Lipinski definition) is 0. The molecule has 2 aromatic rings. The smallest absolute Gasteiger partial charge is 0.367 e. The third-order valence-corrected chi connectivity index (χ3v) is 8.29. The maximum Gasteiger partial charge on any atom is 0.367 e. The predicted octanol–water partition coefficient (Wildman–Crippen LogP) is 3.76. The molecule has 0 atom stereocenters. The SMILES string of the molecule is CCOC(=O)c1nc(COC(=O)C2CCN(S(=O)(=O)c3ccc(C(C)(C)C)cc3)CC2)cs1. The molecule has 0 saturated carbocycles. The maximum atomic E-state index is 13.0. The molecular formula is C23H30N2O6S2. The van der Waals surface area contributed by atoms with Gasteiger partial charge < -0.3 is 9.47 Å². The minimum Gasteiger partial charge on any atom is -0.461 e. The first-order valence-electron chi connectivity index (χ1n) is 10.9. The molecule has 0 amide bonds. The van der Waals surface area contributed by atoms with Crippen molar-refractivity contribution in [3.05, 3.63) is 45.9 Å². The number of hydrogen-bond acceptors (Lipinski definition) is 8. The van der Waals surface area contributed by atoms with Gasteiger partial charge in [0, 0.05) is 18.5 Å². The first-order chi connectivity index (χ1) is 15.5. The number of rotatable bonds is 7. The monoisotopic (exact) mass is 494 g/mol. The van der Waals surface area contributed by atoms with Crippen molar-refractivity contribution in [3.8, 4) is 0 Å². The molecule has 2 heterocycles. The van der Waals surface area contributed by atoms with Gasteiger partial charge in [-0.25, -0.2) is 18.2 Å². The fourth-order valence-electron chi connectivity index (χ4n) is 3.53. The van der Waals surface area contributed by atoms with Crippen LogP contribution < -0.4 is 0 Å². The van der Waals surface area contributed by atoms with Crippen LogP contribution in [0.5, 0.6) is 0 Å². The summed E-state index contributed by atoms with van der Waals surface area (Å²) < 4.78 is 37.7. The Morgan fingerprint density at radius 2 is 1.76 bits per heavy atom. The Hall–Kier alpha value is -2.30. The number of benzene rings is 1. The number of carbonyl (C=O) groups excluding carboxylic acids is 2. The van der Waals surface area contributed by atoms with Crippen molar-refractivity contribution in [1.82, 2.24) is 9.29 Å². The number of ether oxygens (including phenoxy) is 2. The van der Waals surface area contributed by atoms with Crippen LogP contribution in [-0.4, -0.2) is 49.3 Å². The first kappa shape index (κ1) is 25.3. The lowest BCUT2D eigenvalue weighted by atomic mass is 9.87. The number of piperidine rings is 1.